The largest absolute Gasteiger partial charge is 0.352 e. The lowest BCUT2D eigenvalue weighted by Gasteiger charge is -2.31. The Hall–Kier alpha value is -2.43. The summed E-state index contributed by atoms with van der Waals surface area (Å²) < 4.78 is 0. The number of aryl methyl sites for hydroxylation is 2. The predicted octanol–water partition coefficient (Wildman–Crippen LogP) is 2.88. The van der Waals surface area contributed by atoms with Gasteiger partial charge in [-0.05, 0) is 43.4 Å². The highest BCUT2D eigenvalue weighted by molar-refractivity contribution is 5.78. The Morgan fingerprint density at radius 2 is 1.84 bits per heavy atom. The number of carbonyl (C=O) groups excluding carboxylic acids is 1. The number of nitrogens with zero attached hydrogens (tertiary/aromatic N) is 3. The summed E-state index contributed by atoms with van der Waals surface area (Å²) in [6.07, 6.45) is 4.52. The number of hydrogen-bond donors (Lipinski definition) is 1. The minimum absolute atomic E-state index is 0.0796. The van der Waals surface area contributed by atoms with Crippen molar-refractivity contribution in [2.24, 2.45) is 5.92 Å². The molecule has 132 valence electrons. The molecular formula is C20H26N4O. The number of aromatic nitrogens is 2. The molecule has 0 radical (unpaired) electrons. The SMILES string of the molecule is CCc1ccc(CNC(=O)C2CCN(c3nccc(C)n3)CC2)cc1. The van der Waals surface area contributed by atoms with Crippen molar-refractivity contribution in [1.82, 2.24) is 15.3 Å². The van der Waals surface area contributed by atoms with Gasteiger partial charge in [-0.25, -0.2) is 9.97 Å². The standard InChI is InChI=1S/C20H26N4O/c1-3-16-4-6-17(7-5-16)14-22-19(25)18-9-12-24(13-10-18)20-21-11-8-15(2)23-20/h4-8,11,18H,3,9-10,12-14H2,1-2H3,(H,22,25). The first-order chi connectivity index (χ1) is 12.2. The van der Waals surface area contributed by atoms with Gasteiger partial charge < -0.3 is 10.2 Å². The van der Waals surface area contributed by atoms with Gasteiger partial charge in [-0.3, -0.25) is 4.79 Å². The van der Waals surface area contributed by atoms with Crippen molar-refractivity contribution in [3.05, 3.63) is 53.3 Å². The molecule has 3 rings (SSSR count). The van der Waals surface area contributed by atoms with Crippen LogP contribution in [0.3, 0.4) is 0 Å². The smallest absolute Gasteiger partial charge is 0.225 e. The van der Waals surface area contributed by atoms with Crippen LogP contribution >= 0.6 is 0 Å². The average molecular weight is 338 g/mol. The molecular weight excluding hydrogens is 312 g/mol. The highest BCUT2D eigenvalue weighted by Gasteiger charge is 2.25. The molecule has 0 bridgehead atoms. The van der Waals surface area contributed by atoms with E-state index in [1.807, 2.05) is 13.0 Å². The van der Waals surface area contributed by atoms with Gasteiger partial charge in [0.2, 0.25) is 11.9 Å². The van der Waals surface area contributed by atoms with Crippen molar-refractivity contribution in [3.8, 4) is 0 Å². The summed E-state index contributed by atoms with van der Waals surface area (Å²) in [6.45, 7) is 6.37. The molecule has 0 unspecified atom stereocenters. The van der Waals surface area contributed by atoms with Crippen molar-refractivity contribution < 1.29 is 4.79 Å². The van der Waals surface area contributed by atoms with Crippen LogP contribution in [0, 0.1) is 12.8 Å². The number of rotatable bonds is 5. The number of piperidine rings is 1. The Balaban J connectivity index is 1.48. The second kappa shape index (κ2) is 8.10. The first-order valence-corrected chi connectivity index (χ1v) is 9.06. The maximum absolute atomic E-state index is 12.4. The highest BCUT2D eigenvalue weighted by Crippen LogP contribution is 2.21. The van der Waals surface area contributed by atoms with Crippen LogP contribution < -0.4 is 10.2 Å². The van der Waals surface area contributed by atoms with Gasteiger partial charge in [0.15, 0.2) is 0 Å². The van der Waals surface area contributed by atoms with Gasteiger partial charge in [0.1, 0.15) is 0 Å². The zero-order valence-corrected chi connectivity index (χ0v) is 15.0. The quantitative estimate of drug-likeness (QED) is 0.911. The lowest BCUT2D eigenvalue weighted by Crippen LogP contribution is -2.41. The summed E-state index contributed by atoms with van der Waals surface area (Å²) >= 11 is 0. The fourth-order valence-corrected chi connectivity index (χ4v) is 3.16. The lowest BCUT2D eigenvalue weighted by atomic mass is 9.96. The molecule has 2 aromatic rings. The first-order valence-electron chi connectivity index (χ1n) is 9.06. The number of hydrogen-bond acceptors (Lipinski definition) is 4. The van der Waals surface area contributed by atoms with E-state index in [1.165, 1.54) is 5.56 Å². The van der Waals surface area contributed by atoms with E-state index in [9.17, 15) is 4.79 Å². The fourth-order valence-electron chi connectivity index (χ4n) is 3.16. The summed E-state index contributed by atoms with van der Waals surface area (Å²) in [7, 11) is 0. The van der Waals surface area contributed by atoms with E-state index in [0.29, 0.717) is 6.54 Å². The molecule has 1 saturated heterocycles. The van der Waals surface area contributed by atoms with Crippen LogP contribution in [0.25, 0.3) is 0 Å². The van der Waals surface area contributed by atoms with E-state index in [2.05, 4.69) is 51.4 Å². The number of benzene rings is 1. The summed E-state index contributed by atoms with van der Waals surface area (Å²) in [6, 6.07) is 10.3. The molecule has 1 aromatic carbocycles. The van der Waals surface area contributed by atoms with Gasteiger partial charge in [-0.1, -0.05) is 31.2 Å². The first kappa shape index (κ1) is 17.4. The molecule has 0 saturated carbocycles. The highest BCUT2D eigenvalue weighted by atomic mass is 16.1. The maximum atomic E-state index is 12.4. The van der Waals surface area contributed by atoms with E-state index in [4.69, 9.17) is 0 Å². The maximum Gasteiger partial charge on any atom is 0.225 e. The average Bonchev–Trinajstić information content (AvgIpc) is 2.66. The van der Waals surface area contributed by atoms with Crippen molar-refractivity contribution in [3.63, 3.8) is 0 Å². The van der Waals surface area contributed by atoms with E-state index in [-0.39, 0.29) is 11.8 Å². The van der Waals surface area contributed by atoms with Crippen molar-refractivity contribution in [2.45, 2.75) is 39.7 Å². The number of anilines is 1. The molecule has 1 aliphatic heterocycles. The Kier molecular flexibility index (Phi) is 5.64. The van der Waals surface area contributed by atoms with E-state index in [1.54, 1.807) is 6.20 Å². The molecule has 5 heteroatoms. The van der Waals surface area contributed by atoms with Crippen LogP contribution in [0.5, 0.6) is 0 Å². The van der Waals surface area contributed by atoms with E-state index >= 15 is 0 Å². The van der Waals surface area contributed by atoms with Crippen LogP contribution in [-0.2, 0) is 17.8 Å². The molecule has 1 amide bonds. The van der Waals surface area contributed by atoms with Crippen LogP contribution in [-0.4, -0.2) is 29.0 Å². The van der Waals surface area contributed by atoms with Gasteiger partial charge in [0, 0.05) is 37.4 Å². The van der Waals surface area contributed by atoms with Crippen molar-refractivity contribution in [2.75, 3.05) is 18.0 Å². The Morgan fingerprint density at radius 1 is 1.16 bits per heavy atom. The third-order valence-corrected chi connectivity index (χ3v) is 4.83. The summed E-state index contributed by atoms with van der Waals surface area (Å²) in [4.78, 5) is 23.4. The molecule has 1 N–H and O–H groups in total. The van der Waals surface area contributed by atoms with Gasteiger partial charge in [0.25, 0.3) is 0 Å². The van der Waals surface area contributed by atoms with Gasteiger partial charge in [-0.2, -0.15) is 0 Å². The Morgan fingerprint density at radius 3 is 2.48 bits per heavy atom. The second-order valence-corrected chi connectivity index (χ2v) is 6.65. The minimum Gasteiger partial charge on any atom is -0.352 e. The Labute approximate surface area is 149 Å². The normalized spacial score (nSPS) is 15.2. The summed E-state index contributed by atoms with van der Waals surface area (Å²) in [5.74, 6) is 1.01. The molecule has 0 atom stereocenters. The van der Waals surface area contributed by atoms with Gasteiger partial charge in [0.05, 0.1) is 0 Å². The molecule has 0 aliphatic carbocycles. The van der Waals surface area contributed by atoms with Crippen LogP contribution in [0.15, 0.2) is 36.5 Å². The van der Waals surface area contributed by atoms with Crippen LogP contribution in [0.1, 0.15) is 36.6 Å². The monoisotopic (exact) mass is 338 g/mol. The molecule has 5 nitrogen and oxygen atoms in total. The van der Waals surface area contributed by atoms with E-state index in [0.717, 1.165) is 49.6 Å². The van der Waals surface area contributed by atoms with Gasteiger partial charge >= 0.3 is 0 Å². The number of nitrogens with one attached hydrogen (secondary N) is 1. The summed E-state index contributed by atoms with van der Waals surface area (Å²) in [5, 5.41) is 3.08. The second-order valence-electron chi connectivity index (χ2n) is 6.65. The van der Waals surface area contributed by atoms with Crippen molar-refractivity contribution >= 4 is 11.9 Å². The molecule has 25 heavy (non-hydrogen) atoms. The topological polar surface area (TPSA) is 58.1 Å². The van der Waals surface area contributed by atoms with Crippen molar-refractivity contribution in [1.29, 1.82) is 0 Å². The van der Waals surface area contributed by atoms with Crippen LogP contribution in [0.4, 0.5) is 5.95 Å². The molecule has 2 heterocycles. The third kappa shape index (κ3) is 4.56. The Bertz CT molecular complexity index is 706. The molecule has 1 fully saturated rings. The summed E-state index contributed by atoms with van der Waals surface area (Å²) in [5.41, 5.74) is 3.44. The van der Waals surface area contributed by atoms with E-state index < -0.39 is 0 Å². The number of carbonyl (C=O) groups is 1. The molecule has 0 spiro atoms. The lowest BCUT2D eigenvalue weighted by molar-refractivity contribution is -0.125. The van der Waals surface area contributed by atoms with Crippen LogP contribution in [0.2, 0.25) is 0 Å². The zero-order valence-electron chi connectivity index (χ0n) is 15.0. The number of amides is 1. The third-order valence-electron chi connectivity index (χ3n) is 4.83. The predicted molar refractivity (Wildman–Crippen MR) is 99.4 cm³/mol. The molecule has 1 aromatic heterocycles. The fraction of sp³-hybridized carbons (Fsp3) is 0.450. The molecule has 1 aliphatic rings. The zero-order chi connectivity index (χ0) is 17.6. The van der Waals surface area contributed by atoms with Gasteiger partial charge in [-0.15, -0.1) is 0 Å². The minimum atomic E-state index is 0.0796.